The van der Waals surface area contributed by atoms with E-state index >= 15 is 0 Å². The van der Waals surface area contributed by atoms with Gasteiger partial charge in [0.1, 0.15) is 5.75 Å². The van der Waals surface area contributed by atoms with Gasteiger partial charge in [0.05, 0.1) is 19.2 Å². The van der Waals surface area contributed by atoms with Crippen LogP contribution in [0, 0.1) is 13.8 Å². The van der Waals surface area contributed by atoms with Crippen molar-refractivity contribution in [1.82, 2.24) is 9.78 Å². The molecule has 0 N–H and O–H groups in total. The maximum atomic E-state index is 12.4. The Hall–Kier alpha value is -2.10. The summed E-state index contributed by atoms with van der Waals surface area (Å²) in [5.41, 5.74) is 3.60. The molecule has 0 aliphatic carbocycles. The van der Waals surface area contributed by atoms with E-state index in [4.69, 9.17) is 4.74 Å². The van der Waals surface area contributed by atoms with Crippen molar-refractivity contribution in [1.29, 1.82) is 0 Å². The zero-order valence-electron chi connectivity index (χ0n) is 12.4. The summed E-state index contributed by atoms with van der Waals surface area (Å²) in [7, 11) is 1.62. The number of nitrogens with zero attached hydrogens (tertiary/aromatic N) is 2. The van der Waals surface area contributed by atoms with Crippen molar-refractivity contribution in [3.63, 3.8) is 0 Å². The van der Waals surface area contributed by atoms with Gasteiger partial charge in [-0.1, -0.05) is 12.1 Å². The Morgan fingerprint density at radius 2 is 2.05 bits per heavy atom. The molecule has 1 aromatic heterocycles. The molecule has 2 aromatic rings. The highest BCUT2D eigenvalue weighted by molar-refractivity contribution is 5.97. The van der Waals surface area contributed by atoms with Gasteiger partial charge in [0.15, 0.2) is 5.78 Å². The number of aryl methyl sites for hydroxylation is 3. The molecule has 20 heavy (non-hydrogen) atoms. The quantitative estimate of drug-likeness (QED) is 0.786. The van der Waals surface area contributed by atoms with Gasteiger partial charge < -0.3 is 4.74 Å². The van der Waals surface area contributed by atoms with Crippen LogP contribution in [-0.2, 0) is 13.0 Å². The minimum atomic E-state index is 0.0814. The van der Waals surface area contributed by atoms with Gasteiger partial charge in [0.2, 0.25) is 0 Å². The lowest BCUT2D eigenvalue weighted by Crippen LogP contribution is -2.10. The van der Waals surface area contributed by atoms with Crippen molar-refractivity contribution in [2.75, 3.05) is 7.11 Å². The van der Waals surface area contributed by atoms with E-state index in [2.05, 4.69) is 5.10 Å². The first-order valence-electron chi connectivity index (χ1n) is 6.76. The highest BCUT2D eigenvalue weighted by atomic mass is 16.5. The van der Waals surface area contributed by atoms with Gasteiger partial charge >= 0.3 is 0 Å². The molecule has 0 saturated heterocycles. The number of methoxy groups -OCH3 is 1. The zero-order valence-corrected chi connectivity index (χ0v) is 12.4. The molecule has 0 aliphatic heterocycles. The molecule has 1 aromatic carbocycles. The van der Waals surface area contributed by atoms with E-state index in [1.807, 2.05) is 43.7 Å². The lowest BCUT2D eigenvalue weighted by Gasteiger charge is -2.08. The van der Waals surface area contributed by atoms with Gasteiger partial charge in [-0.05, 0) is 38.5 Å². The summed E-state index contributed by atoms with van der Waals surface area (Å²) in [4.78, 5) is 12.4. The number of ketones is 1. The van der Waals surface area contributed by atoms with Crippen LogP contribution in [0.5, 0.6) is 5.75 Å². The van der Waals surface area contributed by atoms with Crippen LogP contribution in [0.2, 0.25) is 0 Å². The highest BCUT2D eigenvalue weighted by Crippen LogP contribution is 2.20. The summed E-state index contributed by atoms with van der Waals surface area (Å²) < 4.78 is 7.14. The second-order valence-electron chi connectivity index (χ2n) is 4.88. The third-order valence-electron chi connectivity index (χ3n) is 3.36. The molecule has 2 rings (SSSR count). The number of rotatable bonds is 5. The van der Waals surface area contributed by atoms with Crippen LogP contribution in [0.3, 0.4) is 0 Å². The summed E-state index contributed by atoms with van der Waals surface area (Å²) in [6.45, 7) is 6.70. The molecule has 1 heterocycles. The SMILES string of the molecule is CCn1nc(C)cc1CC(=O)c1ccc(C)c(OC)c1. The van der Waals surface area contributed by atoms with Crippen LogP contribution in [0.15, 0.2) is 24.3 Å². The van der Waals surface area contributed by atoms with Crippen LogP contribution in [0.1, 0.15) is 34.2 Å². The van der Waals surface area contributed by atoms with Crippen molar-refractivity contribution in [3.8, 4) is 5.75 Å². The number of aromatic nitrogens is 2. The molecule has 0 bridgehead atoms. The van der Waals surface area contributed by atoms with Gasteiger partial charge in [0.25, 0.3) is 0 Å². The van der Waals surface area contributed by atoms with Crippen molar-refractivity contribution < 1.29 is 9.53 Å². The predicted molar refractivity (Wildman–Crippen MR) is 78.4 cm³/mol. The Morgan fingerprint density at radius 3 is 2.70 bits per heavy atom. The fourth-order valence-corrected chi connectivity index (χ4v) is 2.28. The normalized spacial score (nSPS) is 10.6. The first kappa shape index (κ1) is 14.3. The fraction of sp³-hybridized carbons (Fsp3) is 0.375. The minimum Gasteiger partial charge on any atom is -0.496 e. The number of hydrogen-bond acceptors (Lipinski definition) is 3. The smallest absolute Gasteiger partial charge is 0.168 e. The Bertz CT molecular complexity index is 629. The molecule has 0 fully saturated rings. The average Bonchev–Trinajstić information content (AvgIpc) is 2.79. The number of carbonyl (C=O) groups excluding carboxylic acids is 1. The van der Waals surface area contributed by atoms with Gasteiger partial charge in [0, 0.05) is 17.8 Å². The lowest BCUT2D eigenvalue weighted by atomic mass is 10.0. The largest absolute Gasteiger partial charge is 0.496 e. The highest BCUT2D eigenvalue weighted by Gasteiger charge is 2.13. The van der Waals surface area contributed by atoms with E-state index in [9.17, 15) is 4.79 Å². The third-order valence-corrected chi connectivity index (χ3v) is 3.36. The van der Waals surface area contributed by atoms with Crippen LogP contribution in [0.4, 0.5) is 0 Å². The molecule has 4 nitrogen and oxygen atoms in total. The fourth-order valence-electron chi connectivity index (χ4n) is 2.28. The number of Topliss-reactive ketones (excluding diaryl/α,β-unsaturated/α-hetero) is 1. The van der Waals surface area contributed by atoms with Gasteiger partial charge in [-0.3, -0.25) is 9.48 Å². The van der Waals surface area contributed by atoms with Gasteiger partial charge in [-0.15, -0.1) is 0 Å². The summed E-state index contributed by atoms with van der Waals surface area (Å²) in [6, 6.07) is 7.53. The van der Waals surface area contributed by atoms with Crippen molar-refractivity contribution in [2.24, 2.45) is 0 Å². The maximum absolute atomic E-state index is 12.4. The molecule has 0 spiro atoms. The van der Waals surface area contributed by atoms with Crippen LogP contribution >= 0.6 is 0 Å². The summed E-state index contributed by atoms with van der Waals surface area (Å²) >= 11 is 0. The van der Waals surface area contributed by atoms with Gasteiger partial charge in [-0.2, -0.15) is 5.10 Å². The molecular weight excluding hydrogens is 252 g/mol. The third kappa shape index (κ3) is 2.90. The Labute approximate surface area is 119 Å². The Kier molecular flexibility index (Phi) is 4.23. The molecule has 0 saturated carbocycles. The lowest BCUT2D eigenvalue weighted by molar-refractivity contribution is 0.0990. The zero-order chi connectivity index (χ0) is 14.7. The molecule has 106 valence electrons. The standard InChI is InChI=1S/C16H20N2O2/c1-5-18-14(8-12(3)17-18)10-15(19)13-7-6-11(2)16(9-13)20-4/h6-9H,5,10H2,1-4H3. The van der Waals surface area contributed by atoms with Crippen LogP contribution < -0.4 is 4.74 Å². The van der Waals surface area contributed by atoms with E-state index in [0.29, 0.717) is 12.0 Å². The summed E-state index contributed by atoms with van der Waals surface area (Å²) in [6.07, 6.45) is 0.362. The molecule has 0 aliphatic rings. The molecule has 0 amide bonds. The Balaban J connectivity index is 2.23. The second kappa shape index (κ2) is 5.90. The number of hydrogen-bond donors (Lipinski definition) is 0. The van der Waals surface area contributed by atoms with Crippen molar-refractivity contribution >= 4 is 5.78 Å². The van der Waals surface area contributed by atoms with E-state index in [1.54, 1.807) is 13.2 Å². The monoisotopic (exact) mass is 272 g/mol. The van der Waals surface area contributed by atoms with Gasteiger partial charge in [-0.25, -0.2) is 0 Å². The van der Waals surface area contributed by atoms with Crippen LogP contribution in [-0.4, -0.2) is 22.7 Å². The van der Waals surface area contributed by atoms with E-state index in [0.717, 1.165) is 29.2 Å². The minimum absolute atomic E-state index is 0.0814. The van der Waals surface area contributed by atoms with E-state index < -0.39 is 0 Å². The number of benzene rings is 1. The first-order valence-corrected chi connectivity index (χ1v) is 6.76. The Morgan fingerprint density at radius 1 is 1.30 bits per heavy atom. The van der Waals surface area contributed by atoms with E-state index in [1.165, 1.54) is 0 Å². The second-order valence-corrected chi connectivity index (χ2v) is 4.88. The predicted octanol–water partition coefficient (Wildman–Crippen LogP) is 2.95. The first-order chi connectivity index (χ1) is 9.55. The molecular formula is C16H20N2O2. The summed E-state index contributed by atoms with van der Waals surface area (Å²) in [5.74, 6) is 0.828. The number of ether oxygens (including phenoxy) is 1. The maximum Gasteiger partial charge on any atom is 0.168 e. The van der Waals surface area contributed by atoms with E-state index in [-0.39, 0.29) is 5.78 Å². The molecule has 0 radical (unpaired) electrons. The number of carbonyl (C=O) groups is 1. The molecule has 0 atom stereocenters. The molecule has 0 unspecified atom stereocenters. The van der Waals surface area contributed by atoms with Crippen molar-refractivity contribution in [3.05, 3.63) is 46.8 Å². The van der Waals surface area contributed by atoms with Crippen LogP contribution in [0.25, 0.3) is 0 Å². The van der Waals surface area contributed by atoms with Crippen molar-refractivity contribution in [2.45, 2.75) is 33.7 Å². The molecule has 4 heteroatoms. The average molecular weight is 272 g/mol. The topological polar surface area (TPSA) is 44.1 Å². The summed E-state index contributed by atoms with van der Waals surface area (Å²) in [5, 5.41) is 4.36.